The molecule has 0 aromatic rings. The highest BCUT2D eigenvalue weighted by molar-refractivity contribution is 8.14. The van der Waals surface area contributed by atoms with Gasteiger partial charge in [0.05, 0.1) is 0 Å². The number of hydrogen-bond acceptors (Lipinski definition) is 4. The summed E-state index contributed by atoms with van der Waals surface area (Å²) >= 11 is 1.08. The normalized spacial score (nSPS) is 20.7. The minimum absolute atomic E-state index is 0.104. The van der Waals surface area contributed by atoms with Gasteiger partial charge >= 0.3 is 16.2 Å². The van der Waals surface area contributed by atoms with Crippen molar-refractivity contribution in [3.8, 4) is 0 Å². The molecule has 1 heterocycles. The summed E-state index contributed by atoms with van der Waals surface area (Å²) in [6, 6.07) is -1.09. The van der Waals surface area contributed by atoms with Crippen LogP contribution < -0.4 is 5.32 Å². The van der Waals surface area contributed by atoms with Crippen LogP contribution in [0.15, 0.2) is 4.40 Å². The number of urea groups is 1. The predicted molar refractivity (Wildman–Crippen MR) is 55.4 cm³/mol. The van der Waals surface area contributed by atoms with Gasteiger partial charge in [0.15, 0.2) is 5.17 Å². The molecule has 0 bridgehead atoms. The quantitative estimate of drug-likeness (QED) is 0.715. The molecule has 0 fully saturated rings. The molecule has 1 aliphatic rings. The maximum Gasteiger partial charge on any atom is 0.351 e. The van der Waals surface area contributed by atoms with E-state index in [9.17, 15) is 13.2 Å². The third-order valence-electron chi connectivity index (χ3n) is 1.52. The summed E-state index contributed by atoms with van der Waals surface area (Å²) in [6.45, 7) is 3.22. The molecule has 0 atom stereocenters. The zero-order valence-corrected chi connectivity index (χ0v) is 9.65. The molecule has 80 valence electrons. The molecular weight excluding hydrogens is 226 g/mol. The van der Waals surface area contributed by atoms with Crippen molar-refractivity contribution < 1.29 is 13.2 Å². The zero-order valence-electron chi connectivity index (χ0n) is 8.01. The molecule has 0 aromatic carbocycles. The van der Waals surface area contributed by atoms with E-state index in [1.54, 1.807) is 20.1 Å². The second-order valence-electron chi connectivity index (χ2n) is 2.90. The smallest absolute Gasteiger partial charge is 0.285 e. The van der Waals surface area contributed by atoms with E-state index in [0.717, 1.165) is 11.8 Å². The Morgan fingerprint density at radius 3 is 2.43 bits per heavy atom. The van der Waals surface area contributed by atoms with Crippen molar-refractivity contribution in [1.29, 1.82) is 0 Å². The van der Waals surface area contributed by atoms with Gasteiger partial charge in [-0.15, -0.1) is 4.40 Å². The second-order valence-corrected chi connectivity index (χ2v) is 5.16. The van der Waals surface area contributed by atoms with Crippen LogP contribution in [0.5, 0.6) is 0 Å². The van der Waals surface area contributed by atoms with Gasteiger partial charge in [-0.05, 0) is 20.1 Å². The van der Waals surface area contributed by atoms with Crippen molar-refractivity contribution in [2.75, 3.05) is 6.26 Å². The van der Waals surface area contributed by atoms with Gasteiger partial charge in [0.2, 0.25) is 0 Å². The first-order chi connectivity index (χ1) is 6.38. The maximum absolute atomic E-state index is 11.5. The Morgan fingerprint density at radius 1 is 1.50 bits per heavy atom. The molecule has 14 heavy (non-hydrogen) atoms. The molecular formula is C6H11N3O3S2. The SMILES string of the molecule is CSC1=NS(=O)(=O)N(C(C)C)C(=O)N1. The monoisotopic (exact) mass is 237 g/mol. The van der Waals surface area contributed by atoms with Gasteiger partial charge < -0.3 is 0 Å². The Kier molecular flexibility index (Phi) is 3.05. The molecule has 0 radical (unpaired) electrons. The summed E-state index contributed by atoms with van der Waals surface area (Å²) in [5, 5.41) is 2.48. The van der Waals surface area contributed by atoms with Crippen LogP contribution in [0.25, 0.3) is 0 Å². The summed E-state index contributed by atoms with van der Waals surface area (Å²) in [4.78, 5) is 11.4. The van der Waals surface area contributed by atoms with Crippen molar-refractivity contribution in [3.63, 3.8) is 0 Å². The Balaban J connectivity index is 3.15. The average Bonchev–Trinajstić information content (AvgIpc) is 1.99. The summed E-state index contributed by atoms with van der Waals surface area (Å²) < 4.78 is 27.1. The lowest BCUT2D eigenvalue weighted by atomic mass is 10.4. The molecule has 0 unspecified atom stereocenters. The number of amides is 2. The van der Waals surface area contributed by atoms with Gasteiger partial charge in [0.25, 0.3) is 0 Å². The number of nitrogens with one attached hydrogen (secondary N) is 1. The number of nitrogens with zero attached hydrogens (tertiary/aromatic N) is 2. The van der Waals surface area contributed by atoms with Crippen LogP contribution in [0.2, 0.25) is 0 Å². The van der Waals surface area contributed by atoms with Crippen LogP contribution in [0.1, 0.15) is 13.8 Å². The van der Waals surface area contributed by atoms with Gasteiger partial charge in [-0.3, -0.25) is 5.32 Å². The molecule has 1 N–H and O–H groups in total. The average molecular weight is 237 g/mol. The first kappa shape index (κ1) is 11.3. The number of thioether (sulfide) groups is 1. The van der Waals surface area contributed by atoms with Gasteiger partial charge in [0.1, 0.15) is 0 Å². The third kappa shape index (κ3) is 2.01. The molecule has 1 rings (SSSR count). The molecule has 0 aromatic heterocycles. The fraction of sp³-hybridized carbons (Fsp3) is 0.667. The molecule has 1 aliphatic heterocycles. The maximum atomic E-state index is 11.5. The van der Waals surface area contributed by atoms with Gasteiger partial charge in [-0.2, -0.15) is 12.7 Å². The van der Waals surface area contributed by atoms with Crippen LogP contribution >= 0.6 is 11.8 Å². The predicted octanol–water partition coefficient (Wildman–Crippen LogP) is 0.384. The topological polar surface area (TPSA) is 78.8 Å². The molecule has 6 nitrogen and oxygen atoms in total. The number of rotatable bonds is 1. The van der Waals surface area contributed by atoms with E-state index in [4.69, 9.17) is 0 Å². The van der Waals surface area contributed by atoms with E-state index in [0.29, 0.717) is 4.31 Å². The van der Waals surface area contributed by atoms with E-state index in [1.165, 1.54) is 0 Å². The van der Waals surface area contributed by atoms with Crippen LogP contribution in [0.3, 0.4) is 0 Å². The van der Waals surface area contributed by atoms with Crippen molar-refractivity contribution >= 4 is 33.2 Å². The molecule has 0 spiro atoms. The van der Waals surface area contributed by atoms with Gasteiger partial charge in [-0.25, -0.2) is 4.79 Å². The van der Waals surface area contributed by atoms with E-state index in [2.05, 4.69) is 9.71 Å². The number of amidine groups is 1. The Hall–Kier alpha value is -0.760. The first-order valence-corrected chi connectivity index (χ1v) is 6.50. The van der Waals surface area contributed by atoms with Gasteiger partial charge in [-0.1, -0.05) is 11.8 Å². The summed E-state index contributed by atoms with van der Waals surface area (Å²) in [5.41, 5.74) is 0. The lowest BCUT2D eigenvalue weighted by Crippen LogP contribution is -2.51. The number of carbonyl (C=O) groups is 1. The van der Waals surface area contributed by atoms with Crippen LogP contribution in [0, 0.1) is 0 Å². The van der Waals surface area contributed by atoms with Crippen molar-refractivity contribution in [2.24, 2.45) is 4.40 Å². The van der Waals surface area contributed by atoms with Crippen molar-refractivity contribution in [3.05, 3.63) is 0 Å². The summed E-state index contributed by atoms with van der Waals surface area (Å²) in [5.74, 6) is 0. The van der Waals surface area contributed by atoms with E-state index >= 15 is 0 Å². The van der Waals surface area contributed by atoms with Crippen molar-refractivity contribution in [2.45, 2.75) is 19.9 Å². The lowest BCUT2D eigenvalue weighted by molar-refractivity contribution is 0.220. The van der Waals surface area contributed by atoms with Crippen LogP contribution in [0.4, 0.5) is 4.79 Å². The van der Waals surface area contributed by atoms with E-state index in [1.807, 2.05) is 0 Å². The van der Waals surface area contributed by atoms with Crippen LogP contribution in [-0.4, -0.2) is 36.2 Å². The number of carbonyl (C=O) groups excluding carboxylic acids is 1. The zero-order chi connectivity index (χ0) is 10.9. The minimum Gasteiger partial charge on any atom is -0.285 e. The molecule has 2 amide bonds. The highest BCUT2D eigenvalue weighted by Crippen LogP contribution is 2.15. The standard InChI is InChI=1S/C6H11N3O3S2/c1-4(2)9-6(10)7-5(13-3)8-14(9,11)12/h4H,1-3H3,(H,7,8,10). The van der Waals surface area contributed by atoms with Crippen molar-refractivity contribution in [1.82, 2.24) is 9.62 Å². The van der Waals surface area contributed by atoms with E-state index < -0.39 is 22.3 Å². The summed E-state index contributed by atoms with van der Waals surface area (Å²) in [6.07, 6.45) is 1.64. The summed E-state index contributed by atoms with van der Waals surface area (Å²) in [7, 11) is -3.84. The minimum atomic E-state index is -3.84. The van der Waals surface area contributed by atoms with Crippen LogP contribution in [-0.2, 0) is 10.2 Å². The first-order valence-electron chi connectivity index (χ1n) is 3.88. The highest BCUT2D eigenvalue weighted by Gasteiger charge is 2.34. The fourth-order valence-corrected chi connectivity index (χ4v) is 2.91. The number of hydrogen-bond donors (Lipinski definition) is 1. The molecule has 0 aliphatic carbocycles. The third-order valence-corrected chi connectivity index (χ3v) is 3.72. The second kappa shape index (κ2) is 3.77. The lowest BCUT2D eigenvalue weighted by Gasteiger charge is -2.27. The fourth-order valence-electron chi connectivity index (χ4n) is 1.01. The molecule has 8 heteroatoms. The van der Waals surface area contributed by atoms with E-state index in [-0.39, 0.29) is 5.17 Å². The van der Waals surface area contributed by atoms with Gasteiger partial charge in [0, 0.05) is 6.04 Å². The molecule has 0 saturated heterocycles. The Morgan fingerprint density at radius 2 is 2.07 bits per heavy atom. The Bertz CT molecular complexity index is 374. The highest BCUT2D eigenvalue weighted by atomic mass is 32.2. The molecule has 0 saturated carbocycles. The Labute approximate surface area is 86.9 Å². The largest absolute Gasteiger partial charge is 0.351 e.